The maximum Gasteiger partial charge on any atom is 0.419 e. The van der Waals surface area contributed by atoms with E-state index in [1.807, 2.05) is 32.9 Å². The summed E-state index contributed by atoms with van der Waals surface area (Å²) in [6, 6.07) is 5.46. The van der Waals surface area contributed by atoms with Crippen LogP contribution in [0, 0.1) is 12.8 Å². The number of hydrogen-bond acceptors (Lipinski definition) is 5. The van der Waals surface area contributed by atoms with E-state index >= 15 is 0 Å². The lowest BCUT2D eigenvalue weighted by Crippen LogP contribution is -2.23. The quantitative estimate of drug-likeness (QED) is 0.376. The molecule has 3 aromatic rings. The van der Waals surface area contributed by atoms with Crippen molar-refractivity contribution in [3.63, 3.8) is 0 Å². The normalized spacial score (nSPS) is 18.8. The summed E-state index contributed by atoms with van der Waals surface area (Å²) in [5, 5.41) is 7.14. The molecule has 1 atom stereocenters. The highest BCUT2D eigenvalue weighted by Crippen LogP contribution is 2.36. The van der Waals surface area contributed by atoms with Gasteiger partial charge in [-0.3, -0.25) is 8.89 Å². The lowest BCUT2D eigenvalue weighted by molar-refractivity contribution is -0.137. The average Bonchev–Trinajstić information content (AvgIpc) is 3.31. The van der Waals surface area contributed by atoms with Gasteiger partial charge in [-0.05, 0) is 62.3 Å². The lowest BCUT2D eigenvalue weighted by Gasteiger charge is -2.27. The summed E-state index contributed by atoms with van der Waals surface area (Å²) in [7, 11) is 0.542. The van der Waals surface area contributed by atoms with Gasteiger partial charge in [0.15, 0.2) is 0 Å². The molecule has 2 heterocycles. The van der Waals surface area contributed by atoms with Gasteiger partial charge in [0.1, 0.15) is 5.56 Å². The number of rotatable bonds is 6. The zero-order chi connectivity index (χ0) is 26.5. The number of benzene rings is 1. The van der Waals surface area contributed by atoms with Gasteiger partial charge in [-0.15, -0.1) is 0 Å². The first-order valence-electron chi connectivity index (χ1n) is 12.4. The van der Waals surface area contributed by atoms with E-state index in [2.05, 4.69) is 27.3 Å². The Bertz CT molecular complexity index is 1190. The second-order valence-corrected chi connectivity index (χ2v) is 10.5. The minimum atomic E-state index is -4.60. The molecule has 0 saturated heterocycles. The molecule has 1 aliphatic rings. The first-order chi connectivity index (χ1) is 17.2. The van der Waals surface area contributed by atoms with Crippen molar-refractivity contribution in [2.75, 3.05) is 5.32 Å². The van der Waals surface area contributed by atoms with Crippen molar-refractivity contribution in [1.29, 1.82) is 0 Å². The van der Waals surface area contributed by atoms with Gasteiger partial charge in [0.2, 0.25) is 5.95 Å². The van der Waals surface area contributed by atoms with E-state index in [0.717, 1.165) is 48.3 Å². The number of alkyl halides is 3. The number of aryl methyl sites for hydroxylation is 2. The van der Waals surface area contributed by atoms with E-state index in [9.17, 15) is 17.4 Å². The fraction of sp³-hybridized carbons (Fsp3) is 0.500. The zero-order valence-electron chi connectivity index (χ0n) is 21.4. The zero-order valence-corrected chi connectivity index (χ0v) is 22.2. The van der Waals surface area contributed by atoms with E-state index in [0.29, 0.717) is 5.69 Å². The maximum atomic E-state index is 13.5. The number of anilines is 2. The molecule has 1 unspecified atom stereocenters. The Morgan fingerprint density at radius 2 is 1.83 bits per heavy atom. The summed E-state index contributed by atoms with van der Waals surface area (Å²) in [5.41, 5.74) is 0.551. The standard InChI is InChI=1S/C24H28F3N5OS.C2H6/c1-4-16-5-7-18(8-6-16)34(33)19-9-10-21(15(2)11-19)30-23-28-13-20(24(25,26)27)22(31-23)17-12-29-32(3)14-17;1-2/h9-14,16,18H,4-8H2,1-3H3,(H,28,30,31);1-2H3. The first kappa shape index (κ1) is 27.8. The maximum absolute atomic E-state index is 13.5. The van der Waals surface area contributed by atoms with Crippen molar-refractivity contribution in [3.05, 3.63) is 47.9 Å². The van der Waals surface area contributed by atoms with E-state index in [1.54, 1.807) is 13.1 Å². The van der Waals surface area contributed by atoms with Gasteiger partial charge in [0.05, 0.1) is 22.7 Å². The highest BCUT2D eigenvalue weighted by atomic mass is 32.2. The van der Waals surface area contributed by atoms with Crippen LogP contribution in [0.25, 0.3) is 11.3 Å². The molecule has 0 aliphatic heterocycles. The van der Waals surface area contributed by atoms with Crippen LogP contribution in [0.2, 0.25) is 0 Å². The van der Waals surface area contributed by atoms with Crippen LogP contribution in [0.15, 0.2) is 41.7 Å². The second-order valence-electron chi connectivity index (χ2n) is 8.81. The Morgan fingerprint density at radius 3 is 2.39 bits per heavy atom. The molecule has 196 valence electrons. The van der Waals surface area contributed by atoms with Gasteiger partial charge in [-0.25, -0.2) is 9.97 Å². The largest absolute Gasteiger partial charge is 0.419 e. The predicted molar refractivity (Wildman–Crippen MR) is 137 cm³/mol. The summed E-state index contributed by atoms with van der Waals surface area (Å²) in [4.78, 5) is 8.81. The Hall–Kier alpha value is -2.75. The fourth-order valence-electron chi connectivity index (χ4n) is 4.38. The SMILES string of the molecule is CC.CCC1CCC(S(=O)c2ccc(Nc3ncc(C(F)(F)F)c(-c4cnn(C)c4)n3)c(C)c2)CC1. The minimum Gasteiger partial charge on any atom is -0.324 e. The molecule has 1 saturated carbocycles. The molecule has 2 aromatic heterocycles. The van der Waals surface area contributed by atoms with Crippen molar-refractivity contribution in [1.82, 2.24) is 19.7 Å². The predicted octanol–water partition coefficient (Wildman–Crippen LogP) is 7.05. The highest BCUT2D eigenvalue weighted by molar-refractivity contribution is 7.85. The molecule has 1 fully saturated rings. The van der Waals surface area contributed by atoms with Crippen molar-refractivity contribution in [2.45, 2.75) is 76.1 Å². The summed E-state index contributed by atoms with van der Waals surface area (Å²) in [6.45, 7) is 8.07. The summed E-state index contributed by atoms with van der Waals surface area (Å²) in [5.74, 6) is 0.781. The van der Waals surface area contributed by atoms with Gasteiger partial charge < -0.3 is 5.32 Å². The van der Waals surface area contributed by atoms with Crippen LogP contribution in [-0.4, -0.2) is 29.2 Å². The molecule has 1 N–H and O–H groups in total. The van der Waals surface area contributed by atoms with Crippen LogP contribution in [0.5, 0.6) is 0 Å². The van der Waals surface area contributed by atoms with Crippen molar-refractivity contribution >= 4 is 22.4 Å². The summed E-state index contributed by atoms with van der Waals surface area (Å²) < 4.78 is 55.1. The van der Waals surface area contributed by atoms with Crippen molar-refractivity contribution in [3.8, 4) is 11.3 Å². The van der Waals surface area contributed by atoms with Crippen LogP contribution >= 0.6 is 0 Å². The Kier molecular flexibility index (Phi) is 9.27. The molecule has 6 nitrogen and oxygen atoms in total. The van der Waals surface area contributed by atoms with E-state index in [-0.39, 0.29) is 22.5 Å². The van der Waals surface area contributed by atoms with Crippen molar-refractivity contribution in [2.24, 2.45) is 13.0 Å². The third-order valence-electron chi connectivity index (χ3n) is 6.42. The number of nitrogens with one attached hydrogen (secondary N) is 1. The lowest BCUT2D eigenvalue weighted by atomic mass is 9.87. The Morgan fingerprint density at radius 1 is 1.14 bits per heavy atom. The summed E-state index contributed by atoms with van der Waals surface area (Å²) in [6.07, 6.45) is 4.36. The van der Waals surface area contributed by atoms with Gasteiger partial charge in [-0.1, -0.05) is 27.2 Å². The molecule has 0 radical (unpaired) electrons. The van der Waals surface area contributed by atoms with E-state index < -0.39 is 22.5 Å². The van der Waals surface area contributed by atoms with E-state index in [4.69, 9.17) is 0 Å². The molecule has 0 spiro atoms. The fourth-order valence-corrected chi connectivity index (χ4v) is 5.96. The van der Waals surface area contributed by atoms with Crippen LogP contribution in [0.4, 0.5) is 24.8 Å². The van der Waals surface area contributed by atoms with E-state index in [1.165, 1.54) is 23.5 Å². The number of aromatic nitrogens is 4. The number of nitrogens with zero attached hydrogens (tertiary/aromatic N) is 4. The molecule has 0 bridgehead atoms. The third kappa shape index (κ3) is 6.52. The first-order valence-corrected chi connectivity index (χ1v) is 13.6. The summed E-state index contributed by atoms with van der Waals surface area (Å²) >= 11 is 0. The molecule has 1 aromatic carbocycles. The van der Waals surface area contributed by atoms with Gasteiger partial charge in [-0.2, -0.15) is 18.3 Å². The van der Waals surface area contributed by atoms with Crippen molar-refractivity contribution < 1.29 is 17.4 Å². The van der Waals surface area contributed by atoms with Gasteiger partial charge in [0, 0.05) is 40.8 Å². The topological polar surface area (TPSA) is 72.7 Å². The molecule has 36 heavy (non-hydrogen) atoms. The molecule has 4 rings (SSSR count). The monoisotopic (exact) mass is 521 g/mol. The van der Waals surface area contributed by atoms with Crippen LogP contribution < -0.4 is 5.32 Å². The van der Waals surface area contributed by atoms with Crippen LogP contribution in [0.1, 0.15) is 64.0 Å². The number of halogens is 3. The van der Waals surface area contributed by atoms with Gasteiger partial charge >= 0.3 is 6.18 Å². The smallest absolute Gasteiger partial charge is 0.324 e. The Labute approximate surface area is 213 Å². The van der Waals surface area contributed by atoms with Crippen LogP contribution in [-0.2, 0) is 24.0 Å². The molecule has 1 aliphatic carbocycles. The highest BCUT2D eigenvalue weighted by Gasteiger charge is 2.36. The molecule has 0 amide bonds. The van der Waals surface area contributed by atoms with Crippen LogP contribution in [0.3, 0.4) is 0 Å². The third-order valence-corrected chi connectivity index (χ3v) is 8.22. The second kappa shape index (κ2) is 12.0. The number of hydrogen-bond donors (Lipinski definition) is 1. The molecular weight excluding hydrogens is 487 g/mol. The minimum absolute atomic E-state index is 0.0433. The Balaban J connectivity index is 0.00000176. The average molecular weight is 522 g/mol. The van der Waals surface area contributed by atoms with Gasteiger partial charge in [0.25, 0.3) is 0 Å². The molecular formula is C26H34F3N5OS. The molecule has 10 heteroatoms.